The molecule has 164 valence electrons. The van der Waals surface area contributed by atoms with Crippen LogP contribution in [0.25, 0.3) is 22.3 Å². The minimum Gasteiger partial charge on any atom is -0.508 e. The number of ether oxygens (including phenoxy) is 2. The molecule has 0 amide bonds. The van der Waals surface area contributed by atoms with Crippen LogP contribution in [0.5, 0.6) is 23.0 Å². The van der Waals surface area contributed by atoms with Gasteiger partial charge < -0.3 is 49.6 Å². The summed E-state index contributed by atoms with van der Waals surface area (Å²) in [5, 5.41) is 68.5. The standard InChI is InChI=1S/C20H18O11/c21-8-3-1-7(2-4-8)10-5-9(22)13-11(29-10)6-12(14(23)15(13)24)30-20-18(27)16(25)17(26)19(28)31-20/h1-6,16-21,23-28H/t16-,17-,18-,19-,20-/m1/s1. The molecule has 0 radical (unpaired) electrons. The maximum Gasteiger partial charge on any atom is 0.231 e. The Morgan fingerprint density at radius 2 is 1.52 bits per heavy atom. The summed E-state index contributed by atoms with van der Waals surface area (Å²) in [7, 11) is 0. The van der Waals surface area contributed by atoms with Crippen LogP contribution in [0.4, 0.5) is 0 Å². The fourth-order valence-electron chi connectivity index (χ4n) is 3.18. The number of aliphatic hydroxyl groups is 4. The van der Waals surface area contributed by atoms with Crippen molar-refractivity contribution in [2.24, 2.45) is 0 Å². The third-order valence-electron chi connectivity index (χ3n) is 4.87. The van der Waals surface area contributed by atoms with Gasteiger partial charge in [-0.25, -0.2) is 0 Å². The molecule has 0 unspecified atom stereocenters. The normalized spacial score (nSPS) is 26.1. The van der Waals surface area contributed by atoms with E-state index in [1.807, 2.05) is 0 Å². The van der Waals surface area contributed by atoms with Crippen molar-refractivity contribution in [1.29, 1.82) is 0 Å². The number of hydrogen-bond donors (Lipinski definition) is 7. The van der Waals surface area contributed by atoms with Crippen molar-refractivity contribution in [1.82, 2.24) is 0 Å². The molecular formula is C20H18O11. The number of aromatic hydroxyl groups is 3. The van der Waals surface area contributed by atoms with Crippen LogP contribution < -0.4 is 10.2 Å². The number of phenolic OH excluding ortho intramolecular Hbond substituents is 3. The monoisotopic (exact) mass is 434 g/mol. The summed E-state index contributed by atoms with van der Waals surface area (Å²) in [6.45, 7) is 0. The molecule has 3 aromatic rings. The Morgan fingerprint density at radius 1 is 0.839 bits per heavy atom. The molecule has 1 aromatic heterocycles. The molecule has 0 bridgehead atoms. The zero-order valence-corrected chi connectivity index (χ0v) is 15.6. The van der Waals surface area contributed by atoms with E-state index in [2.05, 4.69) is 0 Å². The maximum absolute atomic E-state index is 12.5. The first-order valence-electron chi connectivity index (χ1n) is 9.04. The van der Waals surface area contributed by atoms with E-state index in [1.165, 1.54) is 24.3 Å². The maximum atomic E-state index is 12.5. The fraction of sp³-hybridized carbons (Fsp3) is 0.250. The smallest absolute Gasteiger partial charge is 0.231 e. The highest BCUT2D eigenvalue weighted by atomic mass is 16.7. The number of hydrogen-bond acceptors (Lipinski definition) is 11. The number of rotatable bonds is 3. The quantitative estimate of drug-likeness (QED) is 0.268. The molecule has 7 N–H and O–H groups in total. The zero-order valence-electron chi connectivity index (χ0n) is 15.6. The first kappa shape index (κ1) is 20.9. The Balaban J connectivity index is 1.77. The SMILES string of the molecule is O=c1cc(-c2ccc(O)cc2)oc2cc(O[C@@H]3O[C@@H](O)[C@H](O)[C@@H](O)[C@H]3O)c(O)c(O)c12. The summed E-state index contributed by atoms with van der Waals surface area (Å²) < 4.78 is 15.8. The van der Waals surface area contributed by atoms with Gasteiger partial charge in [0.1, 0.15) is 40.8 Å². The van der Waals surface area contributed by atoms with Crippen LogP contribution in [0.2, 0.25) is 0 Å². The molecule has 2 aromatic carbocycles. The van der Waals surface area contributed by atoms with E-state index < -0.39 is 53.6 Å². The van der Waals surface area contributed by atoms with Crippen LogP contribution >= 0.6 is 0 Å². The van der Waals surface area contributed by atoms with Crippen LogP contribution in [0.1, 0.15) is 0 Å². The van der Waals surface area contributed by atoms with Crippen molar-refractivity contribution in [3.05, 3.63) is 46.6 Å². The predicted molar refractivity (Wildman–Crippen MR) is 102 cm³/mol. The molecule has 11 nitrogen and oxygen atoms in total. The van der Waals surface area contributed by atoms with Gasteiger partial charge in [-0.1, -0.05) is 0 Å². The van der Waals surface area contributed by atoms with E-state index in [0.717, 1.165) is 12.1 Å². The van der Waals surface area contributed by atoms with E-state index in [-0.39, 0.29) is 22.5 Å². The first-order chi connectivity index (χ1) is 14.7. The van der Waals surface area contributed by atoms with Crippen molar-refractivity contribution in [2.45, 2.75) is 30.9 Å². The van der Waals surface area contributed by atoms with Gasteiger partial charge in [0.25, 0.3) is 0 Å². The molecule has 0 aliphatic carbocycles. The minimum atomic E-state index is -1.89. The summed E-state index contributed by atoms with van der Waals surface area (Å²) in [6, 6.07) is 7.91. The second-order valence-corrected chi connectivity index (χ2v) is 6.95. The molecule has 0 saturated carbocycles. The predicted octanol–water partition coefficient (Wildman–Crippen LogP) is -0.287. The summed E-state index contributed by atoms with van der Waals surface area (Å²) >= 11 is 0. The van der Waals surface area contributed by atoms with Crippen molar-refractivity contribution >= 4 is 11.0 Å². The van der Waals surface area contributed by atoms with Gasteiger partial charge in [-0.2, -0.15) is 0 Å². The van der Waals surface area contributed by atoms with Gasteiger partial charge in [-0.3, -0.25) is 4.79 Å². The van der Waals surface area contributed by atoms with Crippen molar-refractivity contribution < 1.29 is 49.6 Å². The van der Waals surface area contributed by atoms with E-state index in [9.17, 15) is 40.5 Å². The Bertz CT molecular complexity index is 1170. The molecule has 1 aliphatic rings. The number of benzene rings is 2. The van der Waals surface area contributed by atoms with Gasteiger partial charge in [-0.15, -0.1) is 0 Å². The highest BCUT2D eigenvalue weighted by Crippen LogP contribution is 2.42. The van der Waals surface area contributed by atoms with E-state index in [0.29, 0.717) is 5.56 Å². The number of fused-ring (bicyclic) bond motifs is 1. The lowest BCUT2D eigenvalue weighted by atomic mass is 10.0. The Kier molecular flexibility index (Phi) is 5.21. The molecule has 5 atom stereocenters. The van der Waals surface area contributed by atoms with Crippen LogP contribution in [0.3, 0.4) is 0 Å². The van der Waals surface area contributed by atoms with Crippen molar-refractivity contribution in [3.63, 3.8) is 0 Å². The second kappa shape index (κ2) is 7.72. The summed E-state index contributed by atoms with van der Waals surface area (Å²) in [5.74, 6) is -2.12. The average molecular weight is 434 g/mol. The Labute approximate surface area is 173 Å². The lowest BCUT2D eigenvalue weighted by molar-refractivity contribution is -0.321. The van der Waals surface area contributed by atoms with E-state index in [4.69, 9.17) is 13.9 Å². The van der Waals surface area contributed by atoms with E-state index in [1.54, 1.807) is 0 Å². The van der Waals surface area contributed by atoms with Gasteiger partial charge in [-0.05, 0) is 24.3 Å². The van der Waals surface area contributed by atoms with Gasteiger partial charge in [0.2, 0.25) is 12.0 Å². The van der Waals surface area contributed by atoms with Crippen molar-refractivity contribution in [3.8, 4) is 34.3 Å². The zero-order chi connectivity index (χ0) is 22.4. The third-order valence-corrected chi connectivity index (χ3v) is 4.87. The van der Waals surface area contributed by atoms with Crippen molar-refractivity contribution in [2.75, 3.05) is 0 Å². The summed E-state index contributed by atoms with van der Waals surface area (Å²) in [4.78, 5) is 12.5. The molecule has 1 saturated heterocycles. The number of phenols is 3. The van der Waals surface area contributed by atoms with Gasteiger partial charge >= 0.3 is 0 Å². The Morgan fingerprint density at radius 3 is 2.19 bits per heavy atom. The molecule has 2 heterocycles. The lowest BCUT2D eigenvalue weighted by Gasteiger charge is -2.37. The molecule has 11 heteroatoms. The Hall–Kier alpha value is -3.35. The molecule has 0 spiro atoms. The topological polar surface area (TPSA) is 190 Å². The highest BCUT2D eigenvalue weighted by molar-refractivity contribution is 5.89. The summed E-state index contributed by atoms with van der Waals surface area (Å²) in [5.41, 5.74) is -0.419. The van der Waals surface area contributed by atoms with Crippen LogP contribution in [0, 0.1) is 0 Å². The third kappa shape index (κ3) is 3.65. The molecule has 4 rings (SSSR count). The largest absolute Gasteiger partial charge is 0.508 e. The van der Waals surface area contributed by atoms with Gasteiger partial charge in [0.15, 0.2) is 23.2 Å². The summed E-state index contributed by atoms with van der Waals surface area (Å²) in [6.07, 6.45) is -9.05. The number of aliphatic hydroxyl groups excluding tert-OH is 4. The van der Waals surface area contributed by atoms with Crippen LogP contribution in [-0.4, -0.2) is 66.6 Å². The van der Waals surface area contributed by atoms with Crippen LogP contribution in [-0.2, 0) is 4.74 Å². The average Bonchev–Trinajstić information content (AvgIpc) is 2.74. The molecule has 1 aliphatic heterocycles. The lowest BCUT2D eigenvalue weighted by Crippen LogP contribution is -2.59. The molecule has 1 fully saturated rings. The van der Waals surface area contributed by atoms with E-state index >= 15 is 0 Å². The van der Waals surface area contributed by atoms with Gasteiger partial charge in [0.05, 0.1) is 0 Å². The second-order valence-electron chi connectivity index (χ2n) is 6.95. The minimum absolute atomic E-state index is 0.00525. The van der Waals surface area contributed by atoms with Crippen LogP contribution in [0.15, 0.2) is 45.6 Å². The molecular weight excluding hydrogens is 416 g/mol. The fourth-order valence-corrected chi connectivity index (χ4v) is 3.18. The molecule has 31 heavy (non-hydrogen) atoms. The first-order valence-corrected chi connectivity index (χ1v) is 9.04. The highest BCUT2D eigenvalue weighted by Gasteiger charge is 2.44. The van der Waals surface area contributed by atoms with Gasteiger partial charge in [0, 0.05) is 17.7 Å².